The van der Waals surface area contributed by atoms with E-state index in [0.29, 0.717) is 17.9 Å². The van der Waals surface area contributed by atoms with Crippen molar-refractivity contribution >= 4 is 44.7 Å². The molecule has 0 saturated carbocycles. The number of benzene rings is 3. The Morgan fingerprint density at radius 1 is 0.963 bits per heavy atom. The van der Waals surface area contributed by atoms with Crippen molar-refractivity contribution in [3.8, 4) is 5.75 Å². The van der Waals surface area contributed by atoms with Crippen LogP contribution in [-0.2, 0) is 11.4 Å². The van der Waals surface area contributed by atoms with E-state index in [1.54, 1.807) is 6.08 Å². The Bertz CT molecular complexity index is 1090. The average molecular weight is 423 g/mol. The second-order valence-corrected chi connectivity index (χ2v) is 6.99. The fraction of sp³-hybridized carbons (Fsp3) is 0.0476. The molecule has 0 spiro atoms. The summed E-state index contributed by atoms with van der Waals surface area (Å²) in [7, 11) is 0. The Morgan fingerprint density at radius 2 is 1.78 bits per heavy atom. The molecule has 1 heterocycles. The van der Waals surface area contributed by atoms with Gasteiger partial charge in [-0.15, -0.1) is 0 Å². The fourth-order valence-corrected chi connectivity index (χ4v) is 3.35. The van der Waals surface area contributed by atoms with Crippen LogP contribution >= 0.6 is 15.9 Å². The number of carbonyl (C=O) groups is 2. The maximum absolute atomic E-state index is 11.8. The van der Waals surface area contributed by atoms with Crippen LogP contribution in [0.2, 0.25) is 0 Å². The van der Waals surface area contributed by atoms with Gasteiger partial charge in [-0.1, -0.05) is 58.4 Å². The molecule has 1 fully saturated rings. The van der Waals surface area contributed by atoms with Gasteiger partial charge in [0.1, 0.15) is 18.1 Å². The van der Waals surface area contributed by atoms with E-state index < -0.39 is 11.9 Å². The molecule has 0 radical (unpaired) electrons. The quantitative estimate of drug-likeness (QED) is 0.484. The highest BCUT2D eigenvalue weighted by molar-refractivity contribution is 9.10. The summed E-state index contributed by atoms with van der Waals surface area (Å²) in [6, 6.07) is 19.2. The monoisotopic (exact) mass is 422 g/mol. The molecule has 0 atom stereocenters. The van der Waals surface area contributed by atoms with Crippen LogP contribution in [0.5, 0.6) is 5.75 Å². The van der Waals surface area contributed by atoms with E-state index in [4.69, 9.17) is 4.74 Å². The van der Waals surface area contributed by atoms with Crippen LogP contribution in [0, 0.1) is 0 Å². The molecule has 0 aliphatic carbocycles. The highest BCUT2D eigenvalue weighted by Crippen LogP contribution is 2.27. The van der Waals surface area contributed by atoms with Gasteiger partial charge in [-0.05, 0) is 40.6 Å². The van der Waals surface area contributed by atoms with Crippen molar-refractivity contribution in [3.63, 3.8) is 0 Å². The second-order valence-electron chi connectivity index (χ2n) is 6.08. The number of amides is 3. The molecule has 3 aromatic rings. The number of hydrogen-bond donors (Lipinski definition) is 2. The molecule has 5 nitrogen and oxygen atoms in total. The first-order chi connectivity index (χ1) is 13.1. The number of imide groups is 1. The van der Waals surface area contributed by atoms with E-state index in [2.05, 4.69) is 44.8 Å². The molecule has 0 bridgehead atoms. The minimum atomic E-state index is -0.528. The zero-order valence-corrected chi connectivity index (χ0v) is 15.7. The predicted molar refractivity (Wildman–Crippen MR) is 107 cm³/mol. The molecule has 1 aliphatic heterocycles. The Hall–Kier alpha value is -3.12. The number of nitrogens with one attached hydrogen (secondary N) is 2. The predicted octanol–water partition coefficient (Wildman–Crippen LogP) is 4.36. The number of hydrogen-bond acceptors (Lipinski definition) is 3. The molecule has 0 aromatic heterocycles. The fourth-order valence-electron chi connectivity index (χ4n) is 2.98. The van der Waals surface area contributed by atoms with Crippen molar-refractivity contribution < 1.29 is 14.3 Å². The van der Waals surface area contributed by atoms with Gasteiger partial charge in [0.25, 0.3) is 5.91 Å². The Kier molecular flexibility index (Phi) is 4.64. The van der Waals surface area contributed by atoms with Gasteiger partial charge in [0.15, 0.2) is 0 Å². The van der Waals surface area contributed by atoms with Crippen LogP contribution in [-0.4, -0.2) is 11.9 Å². The molecular formula is C21H15BrN2O3. The average Bonchev–Trinajstić information content (AvgIpc) is 2.98. The second kappa shape index (κ2) is 7.25. The van der Waals surface area contributed by atoms with Crippen LogP contribution in [0.25, 0.3) is 16.8 Å². The van der Waals surface area contributed by atoms with Gasteiger partial charge in [0.05, 0.1) is 0 Å². The number of ether oxygens (including phenoxy) is 1. The van der Waals surface area contributed by atoms with Crippen LogP contribution < -0.4 is 15.4 Å². The first-order valence-corrected chi connectivity index (χ1v) is 9.12. The summed E-state index contributed by atoms with van der Waals surface area (Å²) >= 11 is 3.43. The molecule has 134 valence electrons. The molecule has 0 unspecified atom stereocenters. The summed E-state index contributed by atoms with van der Waals surface area (Å²) < 4.78 is 6.89. The molecule has 3 aromatic carbocycles. The minimum absolute atomic E-state index is 0.188. The molecule has 6 heteroatoms. The molecule has 2 N–H and O–H groups in total. The summed E-state index contributed by atoms with van der Waals surface area (Å²) in [5, 5.41) is 6.97. The molecule has 4 rings (SSSR count). The zero-order valence-electron chi connectivity index (χ0n) is 14.2. The summed E-state index contributed by atoms with van der Waals surface area (Å²) in [5.41, 5.74) is 1.95. The third-order valence-corrected chi connectivity index (χ3v) is 4.75. The summed E-state index contributed by atoms with van der Waals surface area (Å²) in [6.07, 6.45) is 1.60. The maximum atomic E-state index is 11.8. The zero-order chi connectivity index (χ0) is 18.8. The van der Waals surface area contributed by atoms with E-state index in [1.165, 1.54) is 0 Å². The molecule has 1 aliphatic rings. The summed E-state index contributed by atoms with van der Waals surface area (Å²) in [5.74, 6) is 0.160. The number of halogens is 1. The third-order valence-electron chi connectivity index (χ3n) is 4.25. The smallest absolute Gasteiger partial charge is 0.326 e. The van der Waals surface area contributed by atoms with Gasteiger partial charge in [0.2, 0.25) is 0 Å². The maximum Gasteiger partial charge on any atom is 0.326 e. The lowest BCUT2D eigenvalue weighted by atomic mass is 10.1. The Morgan fingerprint density at radius 3 is 2.59 bits per heavy atom. The lowest BCUT2D eigenvalue weighted by molar-refractivity contribution is -0.115. The highest BCUT2D eigenvalue weighted by atomic mass is 79.9. The number of urea groups is 1. The number of rotatable bonds is 4. The van der Waals surface area contributed by atoms with Crippen LogP contribution in [0.15, 0.2) is 70.8 Å². The van der Waals surface area contributed by atoms with Crippen LogP contribution in [0.4, 0.5) is 4.79 Å². The first-order valence-electron chi connectivity index (χ1n) is 8.33. The lowest BCUT2D eigenvalue weighted by Gasteiger charge is -2.12. The largest absolute Gasteiger partial charge is 0.488 e. The van der Waals surface area contributed by atoms with Crippen molar-refractivity contribution in [2.75, 3.05) is 0 Å². The minimum Gasteiger partial charge on any atom is -0.488 e. The van der Waals surface area contributed by atoms with E-state index in [0.717, 1.165) is 20.8 Å². The topological polar surface area (TPSA) is 67.4 Å². The van der Waals surface area contributed by atoms with E-state index in [1.807, 2.05) is 42.5 Å². The number of fused-ring (bicyclic) bond motifs is 1. The first kappa shape index (κ1) is 17.3. The van der Waals surface area contributed by atoms with Crippen molar-refractivity contribution in [2.45, 2.75) is 6.61 Å². The van der Waals surface area contributed by atoms with Crippen molar-refractivity contribution in [2.24, 2.45) is 0 Å². The standard InChI is InChI=1S/C21H15BrN2O3/c22-16-8-9-19(15(10-16)11-18-20(25)24-21(26)23-18)27-12-14-6-3-5-13-4-1-2-7-17(13)14/h1-11H,12H2,(H2,23,24,25,26)/b18-11+. The molecular weight excluding hydrogens is 408 g/mol. The third kappa shape index (κ3) is 3.71. The molecule has 3 amide bonds. The van der Waals surface area contributed by atoms with E-state index in [9.17, 15) is 9.59 Å². The van der Waals surface area contributed by atoms with E-state index >= 15 is 0 Å². The van der Waals surface area contributed by atoms with Gasteiger partial charge in [0, 0.05) is 10.0 Å². The lowest BCUT2D eigenvalue weighted by Crippen LogP contribution is -2.22. The van der Waals surface area contributed by atoms with Crippen molar-refractivity contribution in [3.05, 3.63) is 82.0 Å². The highest BCUT2D eigenvalue weighted by Gasteiger charge is 2.23. The van der Waals surface area contributed by atoms with Crippen molar-refractivity contribution in [1.29, 1.82) is 0 Å². The van der Waals surface area contributed by atoms with E-state index in [-0.39, 0.29) is 5.70 Å². The van der Waals surface area contributed by atoms with Crippen LogP contribution in [0.1, 0.15) is 11.1 Å². The summed E-state index contributed by atoms with van der Waals surface area (Å²) in [4.78, 5) is 23.1. The van der Waals surface area contributed by atoms with Crippen molar-refractivity contribution in [1.82, 2.24) is 10.6 Å². The SMILES string of the molecule is O=C1NC(=O)/C(=C\c2cc(Br)ccc2OCc2cccc3ccccc23)N1. The number of carbonyl (C=O) groups excluding carboxylic acids is 2. The van der Waals surface area contributed by atoms with Gasteiger partial charge < -0.3 is 10.1 Å². The molecule has 1 saturated heterocycles. The van der Waals surface area contributed by atoms with Gasteiger partial charge in [-0.3, -0.25) is 10.1 Å². The van der Waals surface area contributed by atoms with Crippen LogP contribution in [0.3, 0.4) is 0 Å². The Balaban J connectivity index is 1.64. The normalized spacial score (nSPS) is 15.1. The molecule has 27 heavy (non-hydrogen) atoms. The summed E-state index contributed by atoms with van der Waals surface area (Å²) in [6.45, 7) is 0.387. The van der Waals surface area contributed by atoms with Gasteiger partial charge in [-0.2, -0.15) is 0 Å². The van der Waals surface area contributed by atoms with Gasteiger partial charge in [-0.25, -0.2) is 4.79 Å². The van der Waals surface area contributed by atoms with Gasteiger partial charge >= 0.3 is 6.03 Å². The Labute approximate surface area is 164 Å².